The molecule has 0 saturated heterocycles. The molecule has 0 spiro atoms. The van der Waals surface area contributed by atoms with Crippen LogP contribution in [0.5, 0.6) is 5.75 Å². The highest BCUT2D eigenvalue weighted by molar-refractivity contribution is 6.35. The summed E-state index contributed by atoms with van der Waals surface area (Å²) < 4.78 is 5.34. The zero-order chi connectivity index (χ0) is 14.3. The first-order valence-electron chi connectivity index (χ1n) is 6.06. The van der Waals surface area contributed by atoms with Crippen molar-refractivity contribution >= 4 is 29.1 Å². The second kappa shape index (κ2) is 8.25. The van der Waals surface area contributed by atoms with Gasteiger partial charge in [-0.1, -0.05) is 36.5 Å². The largest absolute Gasteiger partial charge is 0.482 e. The van der Waals surface area contributed by atoms with Crippen LogP contribution in [0.15, 0.2) is 12.1 Å². The summed E-state index contributed by atoms with van der Waals surface area (Å²) >= 11 is 11.8. The highest BCUT2D eigenvalue weighted by atomic mass is 35.5. The number of aliphatic hydroxyl groups excluding tert-OH is 1. The van der Waals surface area contributed by atoms with Crippen LogP contribution in [-0.2, 0) is 11.4 Å². The van der Waals surface area contributed by atoms with Gasteiger partial charge in [-0.05, 0) is 18.6 Å². The van der Waals surface area contributed by atoms with Crippen molar-refractivity contribution in [1.82, 2.24) is 5.32 Å². The summed E-state index contributed by atoms with van der Waals surface area (Å²) in [5.74, 6) is 0.0718. The topological polar surface area (TPSA) is 58.6 Å². The van der Waals surface area contributed by atoms with Gasteiger partial charge in [0.2, 0.25) is 0 Å². The maximum Gasteiger partial charge on any atom is 0.257 e. The van der Waals surface area contributed by atoms with Gasteiger partial charge < -0.3 is 15.2 Å². The summed E-state index contributed by atoms with van der Waals surface area (Å²) in [6.07, 6.45) is 1.94. The third-order valence-corrected chi connectivity index (χ3v) is 2.95. The maximum atomic E-state index is 11.5. The highest BCUT2D eigenvalue weighted by Crippen LogP contribution is 2.32. The summed E-state index contributed by atoms with van der Waals surface area (Å²) in [6.45, 7) is 2.27. The highest BCUT2D eigenvalue weighted by Gasteiger charge is 2.12. The van der Waals surface area contributed by atoms with Gasteiger partial charge in [0.15, 0.2) is 6.61 Å². The van der Waals surface area contributed by atoms with E-state index < -0.39 is 0 Å². The van der Waals surface area contributed by atoms with Gasteiger partial charge in [-0.15, -0.1) is 0 Å². The Morgan fingerprint density at radius 1 is 1.42 bits per heavy atom. The first-order chi connectivity index (χ1) is 9.08. The Hall–Kier alpha value is -0.970. The van der Waals surface area contributed by atoms with E-state index in [0.29, 0.717) is 22.9 Å². The molecule has 1 aromatic carbocycles. The van der Waals surface area contributed by atoms with Crippen LogP contribution in [0.3, 0.4) is 0 Å². The number of hydrogen-bond donors (Lipinski definition) is 2. The number of halogens is 2. The lowest BCUT2D eigenvalue weighted by molar-refractivity contribution is -0.123. The van der Waals surface area contributed by atoms with Crippen LogP contribution in [0.1, 0.15) is 25.3 Å². The fourth-order valence-electron chi connectivity index (χ4n) is 1.49. The summed E-state index contributed by atoms with van der Waals surface area (Å²) in [6, 6.07) is 3.06. The van der Waals surface area contributed by atoms with Gasteiger partial charge in [0.25, 0.3) is 5.91 Å². The number of carbonyl (C=O) groups excluding carboxylic acids is 1. The number of benzene rings is 1. The SMILES string of the molecule is CCCCNC(=O)COc1c(Cl)cc(Cl)cc1CO. The molecule has 0 aliphatic carbocycles. The lowest BCUT2D eigenvalue weighted by Crippen LogP contribution is -2.29. The van der Waals surface area contributed by atoms with Crippen molar-refractivity contribution in [3.05, 3.63) is 27.7 Å². The van der Waals surface area contributed by atoms with E-state index >= 15 is 0 Å². The molecule has 6 heteroatoms. The molecule has 0 aromatic heterocycles. The van der Waals surface area contributed by atoms with Crippen LogP contribution >= 0.6 is 23.2 Å². The first kappa shape index (κ1) is 16.1. The van der Waals surface area contributed by atoms with Crippen molar-refractivity contribution in [1.29, 1.82) is 0 Å². The zero-order valence-corrected chi connectivity index (χ0v) is 12.2. The van der Waals surface area contributed by atoms with Crippen molar-refractivity contribution in [3.63, 3.8) is 0 Å². The number of hydrogen-bond acceptors (Lipinski definition) is 3. The molecule has 0 atom stereocenters. The standard InChI is InChI=1S/C13H17Cl2NO3/c1-2-3-4-16-12(18)8-19-13-9(7-17)5-10(14)6-11(13)15/h5-6,17H,2-4,7-8H2,1H3,(H,16,18). The van der Waals surface area contributed by atoms with E-state index in [1.807, 2.05) is 6.92 Å². The summed E-state index contributed by atoms with van der Waals surface area (Å²) in [4.78, 5) is 11.5. The van der Waals surface area contributed by atoms with Crippen LogP contribution in [0.4, 0.5) is 0 Å². The molecule has 2 N–H and O–H groups in total. The second-order valence-corrected chi connectivity index (χ2v) is 4.87. The van der Waals surface area contributed by atoms with Gasteiger partial charge in [0.05, 0.1) is 11.6 Å². The Balaban J connectivity index is 2.60. The average molecular weight is 306 g/mol. The lowest BCUT2D eigenvalue weighted by Gasteiger charge is -2.12. The van der Waals surface area contributed by atoms with E-state index in [9.17, 15) is 9.90 Å². The Bertz CT molecular complexity index is 438. The van der Waals surface area contributed by atoms with E-state index in [0.717, 1.165) is 12.8 Å². The third-order valence-electron chi connectivity index (χ3n) is 2.46. The lowest BCUT2D eigenvalue weighted by atomic mass is 10.2. The molecular formula is C13H17Cl2NO3. The van der Waals surface area contributed by atoms with Crippen molar-refractivity contribution < 1.29 is 14.6 Å². The Labute approximate surface area is 122 Å². The molecule has 0 saturated carbocycles. The summed E-state index contributed by atoms with van der Waals surface area (Å²) in [5.41, 5.74) is 0.457. The van der Waals surface area contributed by atoms with Gasteiger partial charge in [-0.3, -0.25) is 4.79 Å². The van der Waals surface area contributed by atoms with Crippen molar-refractivity contribution in [2.45, 2.75) is 26.4 Å². The van der Waals surface area contributed by atoms with E-state index in [-0.39, 0.29) is 24.1 Å². The van der Waals surface area contributed by atoms with Crippen molar-refractivity contribution in [2.75, 3.05) is 13.2 Å². The Morgan fingerprint density at radius 2 is 2.16 bits per heavy atom. The van der Waals surface area contributed by atoms with Crippen molar-refractivity contribution in [3.8, 4) is 5.75 Å². The maximum absolute atomic E-state index is 11.5. The van der Waals surface area contributed by atoms with E-state index in [2.05, 4.69) is 5.32 Å². The number of aliphatic hydroxyl groups is 1. The molecule has 0 heterocycles. The molecule has 0 bridgehead atoms. The molecule has 1 amide bonds. The first-order valence-corrected chi connectivity index (χ1v) is 6.82. The average Bonchev–Trinajstić information content (AvgIpc) is 2.37. The molecule has 0 aliphatic heterocycles. The molecule has 1 aromatic rings. The Morgan fingerprint density at radius 3 is 2.79 bits per heavy atom. The molecule has 1 rings (SSSR count). The molecule has 0 unspecified atom stereocenters. The molecule has 19 heavy (non-hydrogen) atoms. The van der Waals surface area contributed by atoms with Gasteiger partial charge >= 0.3 is 0 Å². The monoisotopic (exact) mass is 305 g/mol. The fourth-order valence-corrected chi connectivity index (χ4v) is 2.08. The van der Waals surface area contributed by atoms with Crippen LogP contribution < -0.4 is 10.1 Å². The number of ether oxygens (including phenoxy) is 1. The quantitative estimate of drug-likeness (QED) is 0.762. The molecule has 106 valence electrons. The minimum absolute atomic E-state index is 0.141. The normalized spacial score (nSPS) is 10.3. The van der Waals surface area contributed by atoms with Gasteiger partial charge in [-0.2, -0.15) is 0 Å². The number of carbonyl (C=O) groups is 1. The zero-order valence-electron chi connectivity index (χ0n) is 10.7. The van der Waals surface area contributed by atoms with Crippen LogP contribution in [-0.4, -0.2) is 24.2 Å². The van der Waals surface area contributed by atoms with Gasteiger partial charge in [0, 0.05) is 17.1 Å². The van der Waals surface area contributed by atoms with Crippen LogP contribution in [0, 0.1) is 0 Å². The number of nitrogens with one attached hydrogen (secondary N) is 1. The van der Waals surface area contributed by atoms with E-state index in [4.69, 9.17) is 27.9 Å². The molecule has 4 nitrogen and oxygen atoms in total. The smallest absolute Gasteiger partial charge is 0.257 e. The molecular weight excluding hydrogens is 289 g/mol. The fraction of sp³-hybridized carbons (Fsp3) is 0.462. The van der Waals surface area contributed by atoms with Gasteiger partial charge in [-0.25, -0.2) is 0 Å². The Kier molecular flexibility index (Phi) is 6.99. The summed E-state index contributed by atoms with van der Waals surface area (Å²) in [7, 11) is 0. The van der Waals surface area contributed by atoms with E-state index in [1.54, 1.807) is 6.07 Å². The van der Waals surface area contributed by atoms with Crippen LogP contribution in [0.2, 0.25) is 10.0 Å². The molecule has 0 aliphatic rings. The second-order valence-electron chi connectivity index (χ2n) is 4.03. The number of unbranched alkanes of at least 4 members (excludes halogenated alkanes) is 1. The molecule has 0 radical (unpaired) electrons. The number of amides is 1. The molecule has 0 fully saturated rings. The van der Waals surface area contributed by atoms with E-state index in [1.165, 1.54) is 6.07 Å². The predicted octanol–water partition coefficient (Wildman–Crippen LogP) is 2.78. The predicted molar refractivity (Wildman–Crippen MR) is 75.8 cm³/mol. The van der Waals surface area contributed by atoms with Crippen LogP contribution in [0.25, 0.3) is 0 Å². The van der Waals surface area contributed by atoms with Crippen molar-refractivity contribution in [2.24, 2.45) is 0 Å². The third kappa shape index (κ3) is 5.27. The minimum Gasteiger partial charge on any atom is -0.482 e. The number of rotatable bonds is 7. The van der Waals surface area contributed by atoms with Gasteiger partial charge in [0.1, 0.15) is 5.75 Å². The minimum atomic E-state index is -0.257. The summed E-state index contributed by atoms with van der Waals surface area (Å²) in [5, 5.41) is 12.6.